The maximum atomic E-state index is 13.2. The third-order valence-electron chi connectivity index (χ3n) is 6.71. The molecule has 2 aliphatic rings. The van der Waals surface area contributed by atoms with E-state index in [1.807, 2.05) is 12.1 Å². The van der Waals surface area contributed by atoms with Gasteiger partial charge in [-0.25, -0.2) is 0 Å². The molecule has 5 heteroatoms. The fourth-order valence-electron chi connectivity index (χ4n) is 5.46. The lowest BCUT2D eigenvalue weighted by molar-refractivity contribution is -0.132. The third-order valence-corrected chi connectivity index (χ3v) is 6.71. The first-order valence-corrected chi connectivity index (χ1v) is 10.8. The highest BCUT2D eigenvalue weighted by molar-refractivity contribution is 5.92. The number of furan rings is 1. The number of amides is 1. The van der Waals surface area contributed by atoms with Crippen molar-refractivity contribution in [2.45, 2.75) is 51.0 Å². The van der Waals surface area contributed by atoms with Crippen molar-refractivity contribution in [1.29, 1.82) is 0 Å². The molecule has 2 bridgehead atoms. The average molecular weight is 411 g/mol. The van der Waals surface area contributed by atoms with Crippen molar-refractivity contribution in [1.82, 2.24) is 4.90 Å². The first kappa shape index (κ1) is 22.2. The van der Waals surface area contributed by atoms with E-state index in [0.29, 0.717) is 12.5 Å². The Balaban J connectivity index is 0.00000124. The largest absolute Gasteiger partial charge is 0.497 e. The summed E-state index contributed by atoms with van der Waals surface area (Å²) in [6.45, 7) is 5.14. The van der Waals surface area contributed by atoms with Crippen molar-refractivity contribution in [3.8, 4) is 5.75 Å². The van der Waals surface area contributed by atoms with Gasteiger partial charge in [0.15, 0.2) is 0 Å². The smallest absolute Gasteiger partial charge is 0.246 e. The van der Waals surface area contributed by atoms with Gasteiger partial charge in [0.25, 0.3) is 0 Å². The molecule has 0 aliphatic heterocycles. The van der Waals surface area contributed by atoms with Crippen molar-refractivity contribution in [2.24, 2.45) is 11.7 Å². The molecular formula is C25H34N2O3. The zero-order valence-electron chi connectivity index (χ0n) is 18.6. The highest BCUT2D eigenvalue weighted by Gasteiger charge is 2.50. The predicted molar refractivity (Wildman–Crippen MR) is 120 cm³/mol. The molecule has 1 saturated carbocycles. The molecule has 0 saturated heterocycles. The van der Waals surface area contributed by atoms with Crippen LogP contribution in [0.3, 0.4) is 0 Å². The van der Waals surface area contributed by atoms with E-state index in [2.05, 4.69) is 42.7 Å². The van der Waals surface area contributed by atoms with E-state index < -0.39 is 0 Å². The molecule has 1 aromatic heterocycles. The van der Waals surface area contributed by atoms with Crippen LogP contribution in [0.15, 0.2) is 47.3 Å². The summed E-state index contributed by atoms with van der Waals surface area (Å²) >= 11 is 0. The van der Waals surface area contributed by atoms with Crippen LogP contribution in [-0.2, 0) is 16.6 Å². The standard InChI is InChI=1S/C24H29NO3.CH5N/c1-4-25(22(26)10-7-17-11-13-28-16-17)23-19-6-5-12-24(23,2)21-15-20(27-3)9-8-18(21)14-19;1-2/h7-11,13,15-16,19,23H,4-6,12,14H2,1-3H3;2H2,1H3/b10-7+;/t19?,23-,24+;/m0./s1. The van der Waals surface area contributed by atoms with Gasteiger partial charge < -0.3 is 19.8 Å². The number of hydrogen-bond acceptors (Lipinski definition) is 4. The van der Waals surface area contributed by atoms with E-state index in [9.17, 15) is 4.79 Å². The molecule has 162 valence electrons. The maximum Gasteiger partial charge on any atom is 0.246 e. The zero-order valence-corrected chi connectivity index (χ0v) is 18.6. The first-order valence-electron chi connectivity index (χ1n) is 10.8. The van der Waals surface area contributed by atoms with Crippen LogP contribution in [0.2, 0.25) is 0 Å². The number of carbonyl (C=O) groups excluding carboxylic acids is 1. The predicted octanol–water partition coefficient (Wildman–Crippen LogP) is 4.41. The molecule has 5 nitrogen and oxygen atoms in total. The fraction of sp³-hybridized carbons (Fsp3) is 0.480. The minimum absolute atomic E-state index is 0.0415. The van der Waals surface area contributed by atoms with Crippen LogP contribution in [0, 0.1) is 5.92 Å². The van der Waals surface area contributed by atoms with E-state index in [1.165, 1.54) is 31.0 Å². The van der Waals surface area contributed by atoms with Gasteiger partial charge in [0.1, 0.15) is 5.75 Å². The quantitative estimate of drug-likeness (QED) is 0.742. The Morgan fingerprint density at radius 3 is 2.83 bits per heavy atom. The zero-order chi connectivity index (χ0) is 21.7. The van der Waals surface area contributed by atoms with Gasteiger partial charge in [-0.15, -0.1) is 0 Å². The summed E-state index contributed by atoms with van der Waals surface area (Å²) in [7, 11) is 3.22. The minimum Gasteiger partial charge on any atom is -0.497 e. The third kappa shape index (κ3) is 4.04. The lowest BCUT2D eigenvalue weighted by atomic mass is 9.56. The maximum absolute atomic E-state index is 13.2. The summed E-state index contributed by atoms with van der Waals surface area (Å²) in [4.78, 5) is 15.2. The van der Waals surface area contributed by atoms with E-state index in [4.69, 9.17) is 9.15 Å². The number of carbonyl (C=O) groups is 1. The van der Waals surface area contributed by atoms with Gasteiger partial charge in [0, 0.05) is 29.6 Å². The summed E-state index contributed by atoms with van der Waals surface area (Å²) in [5, 5.41) is 0. The minimum atomic E-state index is -0.0415. The van der Waals surface area contributed by atoms with Gasteiger partial charge >= 0.3 is 0 Å². The molecule has 4 rings (SSSR count). The molecule has 3 atom stereocenters. The second-order valence-corrected chi connectivity index (χ2v) is 8.26. The molecule has 1 heterocycles. The lowest BCUT2D eigenvalue weighted by Crippen LogP contribution is -2.59. The molecular weight excluding hydrogens is 376 g/mol. The van der Waals surface area contributed by atoms with Crippen LogP contribution >= 0.6 is 0 Å². The van der Waals surface area contributed by atoms with E-state index in [-0.39, 0.29) is 17.4 Å². The summed E-state index contributed by atoms with van der Waals surface area (Å²) in [5.41, 5.74) is 8.15. The fourth-order valence-corrected chi connectivity index (χ4v) is 5.46. The summed E-state index contributed by atoms with van der Waals surface area (Å²) in [6, 6.07) is 8.56. The number of hydrogen-bond donors (Lipinski definition) is 1. The molecule has 2 N–H and O–H groups in total. The summed E-state index contributed by atoms with van der Waals surface area (Å²) < 4.78 is 10.6. The van der Waals surface area contributed by atoms with Gasteiger partial charge in [-0.05, 0) is 74.6 Å². The highest BCUT2D eigenvalue weighted by Crippen LogP contribution is 2.51. The van der Waals surface area contributed by atoms with E-state index in [0.717, 1.165) is 24.2 Å². The average Bonchev–Trinajstić information content (AvgIpc) is 3.29. The van der Waals surface area contributed by atoms with E-state index >= 15 is 0 Å². The monoisotopic (exact) mass is 410 g/mol. The number of fused-ring (bicyclic) bond motifs is 4. The SMILES string of the molecule is CCN(C(=O)/C=C/c1ccoc1)[C@H]1C2CCC[C@]1(C)c1cc(OC)ccc1C2.CN. The van der Waals surface area contributed by atoms with Gasteiger partial charge in [0.05, 0.1) is 19.6 Å². The Bertz CT molecular complexity index is 875. The van der Waals surface area contributed by atoms with Crippen LogP contribution in [0.5, 0.6) is 5.75 Å². The molecule has 2 aliphatic carbocycles. The normalized spacial score (nSPS) is 24.6. The molecule has 1 aromatic carbocycles. The van der Waals surface area contributed by atoms with Crippen molar-refractivity contribution < 1.29 is 13.9 Å². The summed E-state index contributed by atoms with van der Waals surface area (Å²) in [6.07, 6.45) is 11.3. The van der Waals surface area contributed by atoms with Crippen LogP contribution in [0.25, 0.3) is 6.08 Å². The Morgan fingerprint density at radius 1 is 1.37 bits per heavy atom. The highest BCUT2D eigenvalue weighted by atomic mass is 16.5. The van der Waals surface area contributed by atoms with Gasteiger partial charge in [-0.2, -0.15) is 0 Å². The number of likely N-dealkylation sites (N-methyl/N-ethyl adjacent to an activating group) is 1. The molecule has 0 spiro atoms. The van der Waals surface area contributed by atoms with Crippen LogP contribution in [0.1, 0.15) is 49.8 Å². The molecule has 30 heavy (non-hydrogen) atoms. The molecule has 0 radical (unpaired) electrons. The Kier molecular flexibility index (Phi) is 7.03. The summed E-state index contributed by atoms with van der Waals surface area (Å²) in [5.74, 6) is 1.49. The second-order valence-electron chi connectivity index (χ2n) is 8.26. The molecule has 1 amide bonds. The number of benzene rings is 1. The van der Waals surface area contributed by atoms with Gasteiger partial charge in [-0.1, -0.05) is 19.4 Å². The number of nitrogens with two attached hydrogens (primary N) is 1. The molecule has 1 unspecified atom stereocenters. The van der Waals surface area contributed by atoms with Gasteiger partial charge in [0.2, 0.25) is 5.91 Å². The Labute approximate surface area is 179 Å². The number of ether oxygens (including phenoxy) is 1. The Hall–Kier alpha value is -2.53. The number of methoxy groups -OCH3 is 1. The van der Waals surface area contributed by atoms with Crippen LogP contribution in [0.4, 0.5) is 0 Å². The van der Waals surface area contributed by atoms with Crippen molar-refractivity contribution in [2.75, 3.05) is 20.7 Å². The number of nitrogens with zero attached hydrogens (tertiary/aromatic N) is 1. The van der Waals surface area contributed by atoms with Crippen LogP contribution in [-0.4, -0.2) is 37.6 Å². The molecule has 1 fully saturated rings. The van der Waals surface area contributed by atoms with Crippen LogP contribution < -0.4 is 10.5 Å². The van der Waals surface area contributed by atoms with Crippen molar-refractivity contribution in [3.63, 3.8) is 0 Å². The van der Waals surface area contributed by atoms with Crippen molar-refractivity contribution >= 4 is 12.0 Å². The Morgan fingerprint density at radius 2 is 2.17 bits per heavy atom. The second kappa shape index (κ2) is 9.52. The number of rotatable bonds is 5. The molecule has 2 aromatic rings. The topological polar surface area (TPSA) is 68.7 Å². The van der Waals surface area contributed by atoms with Gasteiger partial charge in [-0.3, -0.25) is 4.79 Å². The first-order chi connectivity index (χ1) is 14.6. The lowest BCUT2D eigenvalue weighted by Gasteiger charge is -2.55. The van der Waals surface area contributed by atoms with Crippen molar-refractivity contribution in [3.05, 3.63) is 59.6 Å². The van der Waals surface area contributed by atoms with E-state index in [1.54, 1.807) is 25.7 Å².